The molecule has 0 aliphatic rings. The number of hydrogen-bond acceptors (Lipinski definition) is 5. The highest BCUT2D eigenvalue weighted by Crippen LogP contribution is 2.27. The second-order valence-corrected chi connectivity index (χ2v) is 4.17. The van der Waals surface area contributed by atoms with E-state index >= 15 is 0 Å². The molecule has 0 unspecified atom stereocenters. The summed E-state index contributed by atoms with van der Waals surface area (Å²) in [5.41, 5.74) is 0.941. The summed E-state index contributed by atoms with van der Waals surface area (Å²) in [4.78, 5) is 15.3. The van der Waals surface area contributed by atoms with Gasteiger partial charge in [-0.2, -0.15) is 4.98 Å². The lowest BCUT2D eigenvalue weighted by molar-refractivity contribution is 0.0519. The molecule has 0 aliphatic heterocycles. The Balaban J connectivity index is 2.15. The minimum Gasteiger partial charge on any atom is -0.461 e. The van der Waals surface area contributed by atoms with E-state index < -0.39 is 5.97 Å². The normalized spacial score (nSPS) is 10.3. The molecule has 5 nitrogen and oxygen atoms in total. The van der Waals surface area contributed by atoms with Gasteiger partial charge in [-0.15, -0.1) is 0 Å². The number of rotatable bonds is 4. The van der Waals surface area contributed by atoms with Crippen LogP contribution in [0.4, 0.5) is 0 Å². The monoisotopic (exact) mass is 281 g/mol. The van der Waals surface area contributed by atoms with Gasteiger partial charge in [0.25, 0.3) is 0 Å². The first kappa shape index (κ1) is 13.4. The van der Waals surface area contributed by atoms with Crippen LogP contribution in [-0.4, -0.2) is 17.6 Å². The summed E-state index contributed by atoms with van der Waals surface area (Å²) in [7, 11) is 0. The first-order valence-corrected chi connectivity index (χ1v) is 6.04. The van der Waals surface area contributed by atoms with E-state index in [2.05, 4.69) is 4.98 Å². The lowest BCUT2D eigenvalue weighted by atomic mass is 10.2. The summed E-state index contributed by atoms with van der Waals surface area (Å²) >= 11 is 5.87. The zero-order valence-electron chi connectivity index (χ0n) is 10.5. The van der Waals surface area contributed by atoms with E-state index in [1.54, 1.807) is 19.1 Å². The smallest absolute Gasteiger partial charge is 0.399 e. The minimum absolute atomic E-state index is 0.0339. The Morgan fingerprint density at radius 2 is 2.26 bits per heavy atom. The summed E-state index contributed by atoms with van der Waals surface area (Å²) in [5, 5.41) is 0.540. The molecule has 2 rings (SSSR count). The van der Waals surface area contributed by atoms with Gasteiger partial charge in [-0.05, 0) is 31.5 Å². The number of hydrogen-bond donors (Lipinski definition) is 0. The van der Waals surface area contributed by atoms with Crippen LogP contribution in [0.1, 0.15) is 23.0 Å². The number of aromatic nitrogens is 1. The van der Waals surface area contributed by atoms with Gasteiger partial charge in [0.1, 0.15) is 12.0 Å². The molecule has 0 aliphatic carbocycles. The number of halogens is 1. The van der Waals surface area contributed by atoms with E-state index in [-0.39, 0.29) is 18.4 Å². The summed E-state index contributed by atoms with van der Waals surface area (Å²) in [5.74, 6) is -0.0336. The van der Waals surface area contributed by atoms with Gasteiger partial charge in [0.05, 0.1) is 6.61 Å². The van der Waals surface area contributed by atoms with Crippen LogP contribution in [0.5, 0.6) is 11.8 Å². The molecule has 0 spiro atoms. The van der Waals surface area contributed by atoms with Crippen LogP contribution >= 0.6 is 11.6 Å². The number of carbonyl (C=O) groups excluding carboxylic acids is 1. The molecule has 0 saturated carbocycles. The number of benzene rings is 1. The summed E-state index contributed by atoms with van der Waals surface area (Å²) < 4.78 is 15.3. The van der Waals surface area contributed by atoms with E-state index in [0.717, 1.165) is 5.56 Å². The third kappa shape index (κ3) is 3.26. The SMILES string of the molecule is CCOC(=O)c1coc(Oc2cc(Cl)ccc2C)n1. The molecule has 1 aromatic heterocycles. The van der Waals surface area contributed by atoms with Crippen molar-refractivity contribution < 1.29 is 18.7 Å². The summed E-state index contributed by atoms with van der Waals surface area (Å²) in [6, 6.07) is 5.21. The zero-order chi connectivity index (χ0) is 13.8. The van der Waals surface area contributed by atoms with Gasteiger partial charge in [0.15, 0.2) is 5.69 Å². The molecule has 0 atom stereocenters. The predicted octanol–water partition coefficient (Wildman–Crippen LogP) is 3.61. The van der Waals surface area contributed by atoms with E-state index in [1.165, 1.54) is 6.26 Å². The van der Waals surface area contributed by atoms with Crippen molar-refractivity contribution in [1.29, 1.82) is 0 Å². The number of esters is 1. The molecule has 0 N–H and O–H groups in total. The van der Waals surface area contributed by atoms with Gasteiger partial charge in [-0.25, -0.2) is 4.79 Å². The summed E-state index contributed by atoms with van der Waals surface area (Å²) in [6.45, 7) is 3.85. The maximum absolute atomic E-state index is 11.4. The van der Waals surface area contributed by atoms with Crippen LogP contribution in [0.15, 0.2) is 28.9 Å². The van der Waals surface area contributed by atoms with Crippen molar-refractivity contribution in [2.24, 2.45) is 0 Å². The van der Waals surface area contributed by atoms with Gasteiger partial charge in [-0.3, -0.25) is 0 Å². The predicted molar refractivity (Wildman–Crippen MR) is 68.7 cm³/mol. The molecule has 2 aromatic rings. The Hall–Kier alpha value is -2.01. The molecule has 0 fully saturated rings. The zero-order valence-corrected chi connectivity index (χ0v) is 11.2. The van der Waals surface area contributed by atoms with Crippen LogP contribution < -0.4 is 4.74 Å². The number of aryl methyl sites for hydroxylation is 1. The molecule has 0 radical (unpaired) electrons. The molecule has 100 valence electrons. The second kappa shape index (κ2) is 5.75. The first-order chi connectivity index (χ1) is 9.10. The maximum Gasteiger partial charge on any atom is 0.399 e. The van der Waals surface area contributed by atoms with Gasteiger partial charge in [-0.1, -0.05) is 17.7 Å². The fourth-order valence-electron chi connectivity index (χ4n) is 1.38. The highest BCUT2D eigenvalue weighted by atomic mass is 35.5. The lowest BCUT2D eigenvalue weighted by Gasteiger charge is -2.04. The molecular formula is C13H12ClNO4. The van der Waals surface area contributed by atoms with Crippen LogP contribution in [0, 0.1) is 6.92 Å². The average molecular weight is 282 g/mol. The fraction of sp³-hybridized carbons (Fsp3) is 0.231. The topological polar surface area (TPSA) is 61.6 Å². The number of ether oxygens (including phenoxy) is 2. The van der Waals surface area contributed by atoms with E-state index in [4.69, 9.17) is 25.5 Å². The molecule has 0 bridgehead atoms. The molecule has 19 heavy (non-hydrogen) atoms. The van der Waals surface area contributed by atoms with Gasteiger partial charge < -0.3 is 13.9 Å². The van der Waals surface area contributed by atoms with Crippen molar-refractivity contribution in [2.45, 2.75) is 13.8 Å². The molecule has 0 saturated heterocycles. The third-order valence-electron chi connectivity index (χ3n) is 2.32. The van der Waals surface area contributed by atoms with Crippen LogP contribution in [-0.2, 0) is 4.74 Å². The Morgan fingerprint density at radius 1 is 1.47 bits per heavy atom. The van der Waals surface area contributed by atoms with E-state index in [0.29, 0.717) is 10.8 Å². The van der Waals surface area contributed by atoms with Crippen molar-refractivity contribution in [3.8, 4) is 11.8 Å². The van der Waals surface area contributed by atoms with Crippen molar-refractivity contribution in [1.82, 2.24) is 4.98 Å². The van der Waals surface area contributed by atoms with E-state index in [9.17, 15) is 4.79 Å². The van der Waals surface area contributed by atoms with Gasteiger partial charge in [0.2, 0.25) is 0 Å². The first-order valence-electron chi connectivity index (χ1n) is 5.67. The summed E-state index contributed by atoms with van der Waals surface area (Å²) in [6.07, 6.45) is 1.15. The van der Waals surface area contributed by atoms with Crippen molar-refractivity contribution in [3.63, 3.8) is 0 Å². The second-order valence-electron chi connectivity index (χ2n) is 3.73. The molecule has 1 heterocycles. The number of nitrogens with zero attached hydrogens (tertiary/aromatic N) is 1. The number of oxazole rings is 1. The van der Waals surface area contributed by atoms with Crippen molar-refractivity contribution >= 4 is 17.6 Å². The quantitative estimate of drug-likeness (QED) is 0.801. The van der Waals surface area contributed by atoms with Gasteiger partial charge >= 0.3 is 12.0 Å². The fourth-order valence-corrected chi connectivity index (χ4v) is 1.54. The molecule has 0 amide bonds. The molecule has 1 aromatic carbocycles. The van der Waals surface area contributed by atoms with Crippen LogP contribution in [0.2, 0.25) is 5.02 Å². The lowest BCUT2D eigenvalue weighted by Crippen LogP contribution is -2.04. The van der Waals surface area contributed by atoms with Gasteiger partial charge in [0, 0.05) is 5.02 Å². The van der Waals surface area contributed by atoms with Crippen molar-refractivity contribution in [3.05, 3.63) is 40.7 Å². The average Bonchev–Trinajstić information content (AvgIpc) is 2.83. The maximum atomic E-state index is 11.4. The molecule has 6 heteroatoms. The van der Waals surface area contributed by atoms with Crippen LogP contribution in [0.3, 0.4) is 0 Å². The standard InChI is InChI=1S/C13H12ClNO4/c1-3-17-12(16)10-7-18-13(15-10)19-11-6-9(14)5-4-8(11)2/h4-7H,3H2,1-2H3. The minimum atomic E-state index is -0.552. The Kier molecular flexibility index (Phi) is 4.06. The highest BCUT2D eigenvalue weighted by molar-refractivity contribution is 6.30. The number of carbonyl (C=O) groups is 1. The third-order valence-corrected chi connectivity index (χ3v) is 2.55. The van der Waals surface area contributed by atoms with E-state index in [1.807, 2.05) is 13.0 Å². The largest absolute Gasteiger partial charge is 0.461 e. The van der Waals surface area contributed by atoms with Crippen LogP contribution in [0.25, 0.3) is 0 Å². The highest BCUT2D eigenvalue weighted by Gasteiger charge is 2.15. The Morgan fingerprint density at radius 3 is 3.00 bits per heavy atom. The van der Waals surface area contributed by atoms with Crippen molar-refractivity contribution in [2.75, 3.05) is 6.61 Å². The Labute approximate surface area is 115 Å². The Bertz CT molecular complexity index is 594. The molecular weight excluding hydrogens is 270 g/mol.